The Morgan fingerprint density at radius 3 is 2.00 bits per heavy atom. The number of hydrogen-bond acceptors (Lipinski definition) is 2. The van der Waals surface area contributed by atoms with Gasteiger partial charge in [0.25, 0.3) is 0 Å². The van der Waals surface area contributed by atoms with Crippen molar-refractivity contribution in [3.63, 3.8) is 0 Å². The van der Waals surface area contributed by atoms with Gasteiger partial charge in [0, 0.05) is 36.8 Å². The average Bonchev–Trinajstić information content (AvgIpc) is 2.72. The first kappa shape index (κ1) is 12.4. The van der Waals surface area contributed by atoms with E-state index in [1.165, 1.54) is 13.0 Å². The van der Waals surface area contributed by atoms with Crippen LogP contribution in [0.3, 0.4) is 0 Å². The monoisotopic (exact) mass is 224 g/mol. The van der Waals surface area contributed by atoms with Gasteiger partial charge in [0.15, 0.2) is 0 Å². The number of hydrogen-bond donors (Lipinski definition) is 0. The molecule has 0 saturated carbocycles. The zero-order valence-corrected chi connectivity index (χ0v) is 11.8. The van der Waals surface area contributed by atoms with E-state index >= 15 is 0 Å². The molecule has 2 saturated heterocycles. The number of likely N-dealkylation sites (tertiary alicyclic amines) is 2. The Bertz CT molecular complexity index is 247. The van der Waals surface area contributed by atoms with Gasteiger partial charge in [0.1, 0.15) is 0 Å². The molecule has 0 spiro atoms. The molecular weight excluding hydrogens is 196 g/mol. The maximum absolute atomic E-state index is 2.79. The summed E-state index contributed by atoms with van der Waals surface area (Å²) in [4.78, 5) is 5.52. The van der Waals surface area contributed by atoms with Crippen molar-refractivity contribution in [1.29, 1.82) is 0 Å². The maximum Gasteiger partial charge on any atom is 0.0281 e. The third-order valence-electron chi connectivity index (χ3n) is 4.46. The van der Waals surface area contributed by atoms with Gasteiger partial charge in [0.05, 0.1) is 0 Å². The Morgan fingerprint density at radius 2 is 1.56 bits per heavy atom. The normalized spacial score (nSPS) is 36.2. The summed E-state index contributed by atoms with van der Waals surface area (Å²) in [6.45, 7) is 15.5. The van der Waals surface area contributed by atoms with E-state index in [0.29, 0.717) is 12.1 Å². The molecule has 0 amide bonds. The molecule has 0 aromatic heterocycles. The van der Waals surface area contributed by atoms with Crippen molar-refractivity contribution in [2.45, 2.75) is 78.2 Å². The highest BCUT2D eigenvalue weighted by molar-refractivity contribution is 5.08. The first-order chi connectivity index (χ1) is 7.43. The summed E-state index contributed by atoms with van der Waals surface area (Å²) >= 11 is 0. The van der Waals surface area contributed by atoms with Crippen LogP contribution in [0.4, 0.5) is 0 Å². The van der Waals surface area contributed by atoms with Crippen molar-refractivity contribution in [3.8, 4) is 0 Å². The summed E-state index contributed by atoms with van der Waals surface area (Å²) in [5.41, 5.74) is 0. The standard InChI is InChI=1S/C14H28N2/c1-9(2)14-13-7-12(16(14)11(5)6)8-15(13)10(3)4/h9-14H,7-8H2,1-6H3/t12-,13-,14?/m1/s1. The Balaban J connectivity index is 2.19. The lowest BCUT2D eigenvalue weighted by Crippen LogP contribution is -2.58. The molecule has 2 heterocycles. The fourth-order valence-electron chi connectivity index (χ4n) is 4.01. The van der Waals surface area contributed by atoms with Crippen LogP contribution in [0.2, 0.25) is 0 Å². The van der Waals surface area contributed by atoms with Gasteiger partial charge in [-0.2, -0.15) is 0 Å². The van der Waals surface area contributed by atoms with Gasteiger partial charge < -0.3 is 0 Å². The highest BCUT2D eigenvalue weighted by Gasteiger charge is 2.52. The Hall–Kier alpha value is -0.0800. The summed E-state index contributed by atoms with van der Waals surface area (Å²) in [6.07, 6.45) is 1.40. The van der Waals surface area contributed by atoms with Crippen LogP contribution in [-0.2, 0) is 0 Å². The van der Waals surface area contributed by atoms with Gasteiger partial charge in [-0.1, -0.05) is 13.8 Å². The van der Waals surface area contributed by atoms with Crippen molar-refractivity contribution in [2.24, 2.45) is 5.92 Å². The van der Waals surface area contributed by atoms with E-state index in [2.05, 4.69) is 51.3 Å². The van der Waals surface area contributed by atoms with Gasteiger partial charge in [-0.15, -0.1) is 0 Å². The summed E-state index contributed by atoms with van der Waals surface area (Å²) < 4.78 is 0. The van der Waals surface area contributed by atoms with Crippen LogP contribution >= 0.6 is 0 Å². The number of piperazine rings is 1. The molecule has 0 radical (unpaired) electrons. The molecule has 2 fully saturated rings. The summed E-state index contributed by atoms with van der Waals surface area (Å²) in [5.74, 6) is 0.777. The van der Waals surface area contributed by atoms with Crippen molar-refractivity contribution >= 4 is 0 Å². The fourth-order valence-corrected chi connectivity index (χ4v) is 4.01. The molecular formula is C14H28N2. The summed E-state index contributed by atoms with van der Waals surface area (Å²) in [7, 11) is 0. The minimum atomic E-state index is 0.705. The maximum atomic E-state index is 2.79. The molecule has 0 aromatic rings. The predicted octanol–water partition coefficient (Wildman–Crippen LogP) is 2.59. The quantitative estimate of drug-likeness (QED) is 0.727. The van der Waals surface area contributed by atoms with Crippen molar-refractivity contribution in [2.75, 3.05) is 6.54 Å². The lowest BCUT2D eigenvalue weighted by Gasteiger charge is -2.46. The second-order valence-electron chi connectivity index (χ2n) is 6.52. The Labute approximate surface area is 101 Å². The van der Waals surface area contributed by atoms with E-state index in [1.54, 1.807) is 0 Å². The minimum absolute atomic E-state index is 0.705. The van der Waals surface area contributed by atoms with Crippen molar-refractivity contribution < 1.29 is 0 Å². The van der Waals surface area contributed by atoms with Crippen molar-refractivity contribution in [3.05, 3.63) is 0 Å². The van der Waals surface area contributed by atoms with Gasteiger partial charge in [-0.25, -0.2) is 0 Å². The highest BCUT2D eigenvalue weighted by Crippen LogP contribution is 2.41. The number of rotatable bonds is 3. The van der Waals surface area contributed by atoms with Crippen LogP contribution in [0.1, 0.15) is 48.0 Å². The third-order valence-corrected chi connectivity index (χ3v) is 4.46. The van der Waals surface area contributed by atoms with Crippen LogP contribution < -0.4 is 0 Å². The largest absolute Gasteiger partial charge is 0.295 e. The SMILES string of the molecule is CC(C)C1[C@H]2C[C@H](CN2C(C)C)N1C(C)C. The van der Waals surface area contributed by atoms with E-state index in [1.807, 2.05) is 0 Å². The smallest absolute Gasteiger partial charge is 0.0281 e. The predicted molar refractivity (Wildman–Crippen MR) is 69.6 cm³/mol. The first-order valence-corrected chi connectivity index (χ1v) is 6.96. The zero-order valence-electron chi connectivity index (χ0n) is 11.8. The molecule has 16 heavy (non-hydrogen) atoms. The molecule has 2 bridgehead atoms. The van der Waals surface area contributed by atoms with E-state index in [4.69, 9.17) is 0 Å². The summed E-state index contributed by atoms with van der Waals surface area (Å²) in [6, 6.07) is 3.83. The second-order valence-corrected chi connectivity index (χ2v) is 6.52. The third kappa shape index (κ3) is 1.80. The second kappa shape index (κ2) is 4.30. The number of nitrogens with zero attached hydrogens (tertiary/aromatic N) is 2. The van der Waals surface area contributed by atoms with E-state index in [0.717, 1.165) is 24.0 Å². The molecule has 3 atom stereocenters. The van der Waals surface area contributed by atoms with E-state index in [-0.39, 0.29) is 0 Å². The molecule has 2 aliphatic heterocycles. The molecule has 2 aliphatic rings. The molecule has 0 aliphatic carbocycles. The average molecular weight is 224 g/mol. The van der Waals surface area contributed by atoms with Crippen LogP contribution in [0.5, 0.6) is 0 Å². The fraction of sp³-hybridized carbons (Fsp3) is 1.00. The van der Waals surface area contributed by atoms with Crippen LogP contribution in [0.15, 0.2) is 0 Å². The Morgan fingerprint density at radius 1 is 0.938 bits per heavy atom. The van der Waals surface area contributed by atoms with Crippen molar-refractivity contribution in [1.82, 2.24) is 9.80 Å². The van der Waals surface area contributed by atoms with Gasteiger partial charge in [-0.3, -0.25) is 9.80 Å². The molecule has 2 rings (SSSR count). The van der Waals surface area contributed by atoms with E-state index < -0.39 is 0 Å². The first-order valence-electron chi connectivity index (χ1n) is 6.96. The lowest BCUT2D eigenvalue weighted by atomic mass is 9.95. The minimum Gasteiger partial charge on any atom is -0.295 e. The molecule has 0 N–H and O–H groups in total. The van der Waals surface area contributed by atoms with Crippen LogP contribution in [0, 0.1) is 5.92 Å². The van der Waals surface area contributed by atoms with Gasteiger partial charge in [-0.05, 0) is 40.0 Å². The molecule has 94 valence electrons. The van der Waals surface area contributed by atoms with E-state index in [9.17, 15) is 0 Å². The highest BCUT2D eigenvalue weighted by atomic mass is 15.4. The van der Waals surface area contributed by atoms with Crippen LogP contribution in [-0.4, -0.2) is 46.6 Å². The molecule has 2 heteroatoms. The topological polar surface area (TPSA) is 6.48 Å². The summed E-state index contributed by atoms with van der Waals surface area (Å²) in [5, 5.41) is 0. The molecule has 0 aromatic carbocycles. The van der Waals surface area contributed by atoms with Gasteiger partial charge in [0.2, 0.25) is 0 Å². The zero-order chi connectivity index (χ0) is 12.0. The molecule has 1 unspecified atom stereocenters. The number of fused-ring (bicyclic) bond motifs is 2. The van der Waals surface area contributed by atoms with Crippen LogP contribution in [0.25, 0.3) is 0 Å². The Kier molecular flexibility index (Phi) is 3.33. The van der Waals surface area contributed by atoms with Gasteiger partial charge >= 0.3 is 0 Å². The molecule has 2 nitrogen and oxygen atoms in total. The lowest BCUT2D eigenvalue weighted by molar-refractivity contribution is 0.0121.